The third-order valence-corrected chi connectivity index (χ3v) is 8.30. The first-order chi connectivity index (χ1) is 22.2. The number of rotatable bonds is 8. The highest BCUT2D eigenvalue weighted by Gasteiger charge is 2.52. The number of benzene rings is 4. The molecule has 0 radical (unpaired) electrons. The van der Waals surface area contributed by atoms with E-state index in [9.17, 15) is 50.5 Å². The third kappa shape index (κ3) is 7.85. The van der Waals surface area contributed by atoms with Crippen molar-refractivity contribution in [1.82, 2.24) is 0 Å². The minimum atomic E-state index is -4.92. The number of hydrogen-bond acceptors (Lipinski definition) is 4. The van der Waals surface area contributed by atoms with E-state index < -0.39 is 34.9 Å². The predicted octanol–water partition coefficient (Wildman–Crippen LogP) is 9.44. The van der Waals surface area contributed by atoms with Gasteiger partial charge in [-0.25, -0.2) is 4.39 Å². The molecule has 48 heavy (non-hydrogen) atoms. The largest absolute Gasteiger partial charge is 0.421 e. The van der Waals surface area contributed by atoms with Gasteiger partial charge in [-0.3, -0.25) is 9.59 Å². The molecule has 2 N–H and O–H groups in total. The van der Waals surface area contributed by atoms with E-state index in [1.54, 1.807) is 43.3 Å². The summed E-state index contributed by atoms with van der Waals surface area (Å²) >= 11 is 0. The molecule has 0 aliphatic carbocycles. The maximum absolute atomic E-state index is 14.4. The Labute approximate surface area is 273 Å². The average Bonchev–Trinajstić information content (AvgIpc) is 3.03. The zero-order valence-corrected chi connectivity index (χ0v) is 26.9. The number of alkyl halides is 6. The van der Waals surface area contributed by atoms with Gasteiger partial charge in [0, 0.05) is 16.7 Å². The summed E-state index contributed by atoms with van der Waals surface area (Å²) in [6.45, 7) is 6.81. The summed E-state index contributed by atoms with van der Waals surface area (Å²) in [4.78, 5) is 21.7. The zero-order valence-electron chi connectivity index (χ0n) is 26.9. The molecule has 0 aromatic heterocycles. The first-order valence-corrected chi connectivity index (χ1v) is 14.9. The summed E-state index contributed by atoms with van der Waals surface area (Å²) in [5, 5.41) is 19.5. The Morgan fingerprint density at radius 2 is 0.958 bits per heavy atom. The molecule has 11 heteroatoms. The van der Waals surface area contributed by atoms with Crippen LogP contribution in [-0.2, 0) is 24.0 Å². The van der Waals surface area contributed by atoms with Gasteiger partial charge in [-0.15, -0.1) is 0 Å². The number of aliphatic hydroxyl groups is 2. The normalized spacial score (nSPS) is 14.3. The Hall–Kier alpha value is -4.35. The van der Waals surface area contributed by atoms with Crippen LogP contribution in [0.15, 0.2) is 72.8 Å². The maximum atomic E-state index is 14.4. The molecule has 0 heterocycles. The molecule has 0 amide bonds. The van der Waals surface area contributed by atoms with Gasteiger partial charge >= 0.3 is 12.4 Å². The Bertz CT molecular complexity index is 1660. The lowest BCUT2D eigenvalue weighted by Gasteiger charge is -2.27. The molecule has 0 aliphatic heterocycles. The first-order valence-electron chi connectivity index (χ1n) is 14.9. The van der Waals surface area contributed by atoms with Crippen LogP contribution in [0.2, 0.25) is 0 Å². The van der Waals surface area contributed by atoms with Crippen LogP contribution < -0.4 is 0 Å². The topological polar surface area (TPSA) is 74.6 Å². The molecule has 0 aliphatic rings. The van der Waals surface area contributed by atoms with Crippen molar-refractivity contribution in [1.29, 1.82) is 0 Å². The van der Waals surface area contributed by atoms with Crippen molar-refractivity contribution in [2.45, 2.75) is 71.0 Å². The highest BCUT2D eigenvalue weighted by Crippen LogP contribution is 2.41. The number of aldehydes is 2. The summed E-state index contributed by atoms with van der Waals surface area (Å²) in [5.41, 5.74) is -1.26. The van der Waals surface area contributed by atoms with E-state index >= 15 is 0 Å². The molecule has 4 aromatic rings. The van der Waals surface area contributed by atoms with E-state index in [0.29, 0.717) is 59.9 Å². The quantitative estimate of drug-likeness (QED) is 0.144. The van der Waals surface area contributed by atoms with Gasteiger partial charge in [-0.1, -0.05) is 68.4 Å². The average molecular weight is 677 g/mol. The second kappa shape index (κ2) is 14.4. The SMILES string of the molecule is CCc1cc(C=O)ccc1-c1ccc(C(C)(O)C(F)(F)F)cc1C.CCc1cc(C=O)ccc1-c1ccc(C(C)(O)C(F)(F)F)cc1F. The van der Waals surface area contributed by atoms with Gasteiger partial charge in [0.25, 0.3) is 0 Å². The van der Waals surface area contributed by atoms with Crippen molar-refractivity contribution in [2.24, 2.45) is 0 Å². The second-order valence-corrected chi connectivity index (χ2v) is 11.6. The van der Waals surface area contributed by atoms with Crippen molar-refractivity contribution in [3.05, 3.63) is 118 Å². The monoisotopic (exact) mass is 676 g/mol. The lowest BCUT2D eigenvalue weighted by atomic mass is 9.88. The first kappa shape index (κ1) is 38.1. The van der Waals surface area contributed by atoms with Gasteiger partial charge < -0.3 is 10.2 Å². The molecule has 2 atom stereocenters. The molecule has 0 fully saturated rings. The van der Waals surface area contributed by atoms with Crippen molar-refractivity contribution >= 4 is 12.6 Å². The molecular formula is C37H35F7O4. The number of halogens is 7. The van der Waals surface area contributed by atoms with Crippen molar-refractivity contribution in [3.63, 3.8) is 0 Å². The third-order valence-electron chi connectivity index (χ3n) is 8.30. The van der Waals surface area contributed by atoms with Crippen molar-refractivity contribution < 1.29 is 50.5 Å². The number of carbonyl (C=O) groups is 2. The number of hydrogen-bond donors (Lipinski definition) is 2. The highest BCUT2D eigenvalue weighted by atomic mass is 19.4. The fraction of sp³-hybridized carbons (Fsp3) is 0.297. The van der Waals surface area contributed by atoms with Crippen molar-refractivity contribution in [3.8, 4) is 22.3 Å². The molecule has 0 saturated heterocycles. The maximum Gasteiger partial charge on any atom is 0.421 e. The molecule has 2 unspecified atom stereocenters. The van der Waals surface area contributed by atoms with Crippen LogP contribution in [-0.4, -0.2) is 35.1 Å². The standard InChI is InChI=1S/C19H19F3O2.C18H16F4O2/c1-4-14-10-13(11-23)5-7-17(14)16-8-6-15(9-12(16)2)18(3,24)19(20,21)22;1-3-12-8-11(10-23)4-6-14(12)15-7-5-13(9-16(15)19)17(2,24)18(20,21)22/h5-11,24H,4H2,1-3H3;4-10,24H,3H2,1-2H3. The van der Waals surface area contributed by atoms with Gasteiger partial charge in [0.05, 0.1) is 0 Å². The Balaban J connectivity index is 0.000000260. The van der Waals surface area contributed by atoms with Crippen LogP contribution in [0, 0.1) is 12.7 Å². The minimum absolute atomic E-state index is 0.117. The summed E-state index contributed by atoms with van der Waals surface area (Å²) in [7, 11) is 0. The summed E-state index contributed by atoms with van der Waals surface area (Å²) in [6, 6.07) is 17.1. The van der Waals surface area contributed by atoms with E-state index in [0.717, 1.165) is 36.0 Å². The molecular weight excluding hydrogens is 641 g/mol. The highest BCUT2D eigenvalue weighted by molar-refractivity contribution is 5.80. The second-order valence-electron chi connectivity index (χ2n) is 11.6. The fourth-order valence-corrected chi connectivity index (χ4v) is 5.12. The molecule has 4 nitrogen and oxygen atoms in total. The Kier molecular flexibility index (Phi) is 11.4. The van der Waals surface area contributed by atoms with Crippen LogP contribution in [0.25, 0.3) is 22.3 Å². The number of carbonyl (C=O) groups excluding carboxylic acids is 2. The fourth-order valence-electron chi connectivity index (χ4n) is 5.12. The summed E-state index contributed by atoms with van der Waals surface area (Å²) < 4.78 is 92.0. The van der Waals surface area contributed by atoms with Crippen LogP contribution >= 0.6 is 0 Å². The molecule has 0 saturated carbocycles. The van der Waals surface area contributed by atoms with Crippen LogP contribution in [0.4, 0.5) is 30.7 Å². The Morgan fingerprint density at radius 3 is 1.31 bits per heavy atom. The van der Waals surface area contributed by atoms with Crippen LogP contribution in [0.1, 0.15) is 76.2 Å². The van der Waals surface area contributed by atoms with Crippen LogP contribution in [0.5, 0.6) is 0 Å². The van der Waals surface area contributed by atoms with E-state index in [4.69, 9.17) is 0 Å². The van der Waals surface area contributed by atoms with Crippen molar-refractivity contribution in [2.75, 3.05) is 0 Å². The van der Waals surface area contributed by atoms with Crippen LogP contribution in [0.3, 0.4) is 0 Å². The molecule has 256 valence electrons. The summed E-state index contributed by atoms with van der Waals surface area (Å²) in [6.07, 6.45) is -7.01. The molecule has 4 aromatic carbocycles. The van der Waals surface area contributed by atoms with E-state index in [-0.39, 0.29) is 11.1 Å². The molecule has 0 spiro atoms. The van der Waals surface area contributed by atoms with E-state index in [1.807, 2.05) is 13.8 Å². The van der Waals surface area contributed by atoms with Gasteiger partial charge in [-0.2, -0.15) is 26.3 Å². The lowest BCUT2D eigenvalue weighted by Crippen LogP contribution is -2.39. The van der Waals surface area contributed by atoms with Gasteiger partial charge in [0.15, 0.2) is 11.2 Å². The molecule has 0 bridgehead atoms. The number of aryl methyl sites for hydroxylation is 3. The van der Waals surface area contributed by atoms with Gasteiger partial charge in [0.1, 0.15) is 18.4 Å². The predicted molar refractivity (Wildman–Crippen MR) is 169 cm³/mol. The van der Waals surface area contributed by atoms with Gasteiger partial charge in [0.2, 0.25) is 0 Å². The Morgan fingerprint density at radius 1 is 0.583 bits per heavy atom. The molecule has 4 rings (SSSR count). The van der Waals surface area contributed by atoms with E-state index in [2.05, 4.69) is 0 Å². The smallest absolute Gasteiger partial charge is 0.376 e. The minimum Gasteiger partial charge on any atom is -0.376 e. The van der Waals surface area contributed by atoms with E-state index in [1.165, 1.54) is 24.3 Å². The zero-order chi connectivity index (χ0) is 36.2. The van der Waals surface area contributed by atoms with Gasteiger partial charge in [-0.05, 0) is 96.3 Å². The summed E-state index contributed by atoms with van der Waals surface area (Å²) in [5.74, 6) is -0.870. The lowest BCUT2D eigenvalue weighted by molar-refractivity contribution is -0.259.